The van der Waals surface area contributed by atoms with Gasteiger partial charge in [0.05, 0.1) is 5.02 Å². The number of hydrogen-bond acceptors (Lipinski definition) is 3. The maximum atomic E-state index is 12.2. The number of amides is 1. The molecule has 138 valence electrons. The van der Waals surface area contributed by atoms with Crippen LogP contribution in [-0.4, -0.2) is 24.1 Å². The average molecular weight is 456 g/mol. The van der Waals surface area contributed by atoms with E-state index in [1.54, 1.807) is 18.2 Å². The molecule has 0 aromatic heterocycles. The van der Waals surface area contributed by atoms with E-state index in [4.69, 9.17) is 23.8 Å². The van der Waals surface area contributed by atoms with Gasteiger partial charge in [-0.25, -0.2) is 0 Å². The van der Waals surface area contributed by atoms with Gasteiger partial charge in [-0.1, -0.05) is 11.6 Å². The van der Waals surface area contributed by atoms with Gasteiger partial charge in [-0.05, 0) is 84.5 Å². The molecule has 2 aromatic carbocycles. The summed E-state index contributed by atoms with van der Waals surface area (Å²) in [4.78, 5) is 14.4. The van der Waals surface area contributed by atoms with Crippen molar-refractivity contribution in [2.24, 2.45) is 0 Å². The molecule has 0 unspecified atom stereocenters. The lowest BCUT2D eigenvalue weighted by atomic mass is 10.2. The van der Waals surface area contributed by atoms with Crippen molar-refractivity contribution in [2.75, 3.05) is 23.3 Å². The summed E-state index contributed by atoms with van der Waals surface area (Å²) in [5.74, 6) is -0.269. The van der Waals surface area contributed by atoms with E-state index in [1.165, 1.54) is 0 Å². The van der Waals surface area contributed by atoms with Gasteiger partial charge in [0, 0.05) is 34.5 Å². The smallest absolute Gasteiger partial charge is 0.269 e. The molecular weight excluding hydrogens is 436 g/mol. The molecule has 0 saturated heterocycles. The molecule has 2 aromatic rings. The van der Waals surface area contributed by atoms with Gasteiger partial charge in [-0.2, -0.15) is 0 Å². The van der Waals surface area contributed by atoms with Crippen LogP contribution in [0.25, 0.3) is 0 Å². The second-order valence-electron chi connectivity index (χ2n) is 5.38. The predicted octanol–water partition coefficient (Wildman–Crippen LogP) is 4.58. The average Bonchev–Trinajstić information content (AvgIpc) is 2.64. The second kappa shape index (κ2) is 9.75. The Kier molecular flexibility index (Phi) is 7.68. The minimum atomic E-state index is -0.269. The molecule has 0 atom stereocenters. The molecule has 0 bridgehead atoms. The standard InChI is InChI=1S/C18H20BrClN4OS/c1-3-24(4-2)14-8-5-12(6-9-14)17(25)22-23-18(26)21-13-7-10-15(19)16(20)11-13/h5-11H,3-4H2,1-2H3,(H,22,25)(H2,21,23,26). The monoisotopic (exact) mass is 454 g/mol. The first-order valence-corrected chi connectivity index (χ1v) is 9.70. The molecule has 2 rings (SSSR count). The summed E-state index contributed by atoms with van der Waals surface area (Å²) < 4.78 is 0.796. The maximum absolute atomic E-state index is 12.2. The van der Waals surface area contributed by atoms with Gasteiger partial charge in [-0.3, -0.25) is 15.6 Å². The highest BCUT2D eigenvalue weighted by atomic mass is 79.9. The quantitative estimate of drug-likeness (QED) is 0.455. The third-order valence-electron chi connectivity index (χ3n) is 3.73. The first-order valence-electron chi connectivity index (χ1n) is 8.12. The molecule has 0 heterocycles. The van der Waals surface area contributed by atoms with E-state index in [9.17, 15) is 4.79 Å². The van der Waals surface area contributed by atoms with Crippen LogP contribution in [0.5, 0.6) is 0 Å². The van der Waals surface area contributed by atoms with Gasteiger partial charge in [0.1, 0.15) is 0 Å². The Bertz CT molecular complexity index is 781. The molecule has 0 aliphatic rings. The van der Waals surface area contributed by atoms with Crippen LogP contribution in [-0.2, 0) is 0 Å². The number of anilines is 2. The fraction of sp³-hybridized carbons (Fsp3) is 0.222. The molecule has 0 saturated carbocycles. The number of nitrogens with zero attached hydrogens (tertiary/aromatic N) is 1. The summed E-state index contributed by atoms with van der Waals surface area (Å²) in [6.45, 7) is 6.04. The summed E-state index contributed by atoms with van der Waals surface area (Å²) in [7, 11) is 0. The predicted molar refractivity (Wildman–Crippen MR) is 116 cm³/mol. The number of nitrogens with one attached hydrogen (secondary N) is 3. The molecule has 3 N–H and O–H groups in total. The Morgan fingerprint density at radius 1 is 1.12 bits per heavy atom. The zero-order chi connectivity index (χ0) is 19.1. The molecule has 26 heavy (non-hydrogen) atoms. The maximum Gasteiger partial charge on any atom is 0.269 e. The SMILES string of the molecule is CCN(CC)c1ccc(C(=O)NNC(=S)Nc2ccc(Br)c(Cl)c2)cc1. The van der Waals surface area contributed by atoms with Crippen LogP contribution in [0.4, 0.5) is 11.4 Å². The van der Waals surface area contributed by atoms with Crippen LogP contribution in [0.3, 0.4) is 0 Å². The number of rotatable bonds is 5. The van der Waals surface area contributed by atoms with E-state index in [0.717, 1.165) is 23.2 Å². The van der Waals surface area contributed by atoms with E-state index < -0.39 is 0 Å². The van der Waals surface area contributed by atoms with Crippen LogP contribution < -0.4 is 21.1 Å². The highest BCUT2D eigenvalue weighted by Gasteiger charge is 2.08. The molecule has 1 amide bonds. The fourth-order valence-corrected chi connectivity index (χ4v) is 2.93. The van der Waals surface area contributed by atoms with Crippen molar-refractivity contribution in [3.8, 4) is 0 Å². The minimum Gasteiger partial charge on any atom is -0.372 e. The summed E-state index contributed by atoms with van der Waals surface area (Å²) in [5.41, 5.74) is 7.60. The number of benzene rings is 2. The molecule has 0 radical (unpaired) electrons. The molecular formula is C18H20BrClN4OS. The number of hydrogen-bond donors (Lipinski definition) is 3. The minimum absolute atomic E-state index is 0.261. The number of carbonyl (C=O) groups excluding carboxylic acids is 1. The van der Waals surface area contributed by atoms with Crippen LogP contribution >= 0.6 is 39.7 Å². The number of thiocarbonyl (C=S) groups is 1. The van der Waals surface area contributed by atoms with Crippen molar-refractivity contribution in [1.29, 1.82) is 0 Å². The molecule has 8 heteroatoms. The largest absolute Gasteiger partial charge is 0.372 e. The lowest BCUT2D eigenvalue weighted by Crippen LogP contribution is -2.43. The third-order valence-corrected chi connectivity index (χ3v) is 5.16. The van der Waals surface area contributed by atoms with E-state index in [1.807, 2.05) is 24.3 Å². The van der Waals surface area contributed by atoms with Gasteiger partial charge in [0.15, 0.2) is 5.11 Å². The molecule has 0 aliphatic carbocycles. The molecule has 0 aliphatic heterocycles. The van der Waals surface area contributed by atoms with Gasteiger partial charge in [0.25, 0.3) is 5.91 Å². The lowest BCUT2D eigenvalue weighted by molar-refractivity contribution is 0.0944. The first-order chi connectivity index (χ1) is 12.4. The number of halogens is 2. The van der Waals surface area contributed by atoms with E-state index in [2.05, 4.69) is 50.8 Å². The van der Waals surface area contributed by atoms with Gasteiger partial charge in [-0.15, -0.1) is 0 Å². The van der Waals surface area contributed by atoms with Gasteiger partial charge in [0.2, 0.25) is 0 Å². The lowest BCUT2D eigenvalue weighted by Gasteiger charge is -2.21. The number of carbonyl (C=O) groups is 1. The van der Waals surface area contributed by atoms with Crippen molar-refractivity contribution >= 4 is 62.1 Å². The normalized spacial score (nSPS) is 10.2. The van der Waals surface area contributed by atoms with Crippen molar-refractivity contribution in [3.63, 3.8) is 0 Å². The second-order valence-corrected chi connectivity index (χ2v) is 7.05. The fourth-order valence-electron chi connectivity index (χ4n) is 2.33. The van der Waals surface area contributed by atoms with E-state index >= 15 is 0 Å². The number of hydrazine groups is 1. The Balaban J connectivity index is 1.89. The highest BCUT2D eigenvalue weighted by molar-refractivity contribution is 9.10. The van der Waals surface area contributed by atoms with Gasteiger partial charge >= 0.3 is 0 Å². The van der Waals surface area contributed by atoms with Crippen molar-refractivity contribution < 1.29 is 4.79 Å². The summed E-state index contributed by atoms with van der Waals surface area (Å²) in [5, 5.41) is 3.78. The molecule has 0 fully saturated rings. The third kappa shape index (κ3) is 5.59. The summed E-state index contributed by atoms with van der Waals surface area (Å²) in [6, 6.07) is 12.8. The highest BCUT2D eigenvalue weighted by Crippen LogP contribution is 2.25. The first kappa shape index (κ1) is 20.5. The van der Waals surface area contributed by atoms with Crippen molar-refractivity contribution in [2.45, 2.75) is 13.8 Å². The Labute approximate surface area is 172 Å². The van der Waals surface area contributed by atoms with Gasteiger partial charge < -0.3 is 10.2 Å². The molecule has 0 spiro atoms. The summed E-state index contributed by atoms with van der Waals surface area (Å²) >= 11 is 14.5. The Hall–Kier alpha value is -1.83. The van der Waals surface area contributed by atoms with Crippen LogP contribution in [0.1, 0.15) is 24.2 Å². The van der Waals surface area contributed by atoms with Crippen molar-refractivity contribution in [1.82, 2.24) is 10.9 Å². The Morgan fingerprint density at radius 3 is 2.35 bits per heavy atom. The van der Waals surface area contributed by atoms with Crippen LogP contribution in [0.15, 0.2) is 46.9 Å². The topological polar surface area (TPSA) is 56.4 Å². The van der Waals surface area contributed by atoms with E-state index in [-0.39, 0.29) is 11.0 Å². The molecule has 5 nitrogen and oxygen atoms in total. The Morgan fingerprint density at radius 2 is 1.77 bits per heavy atom. The van der Waals surface area contributed by atoms with Crippen LogP contribution in [0, 0.1) is 0 Å². The van der Waals surface area contributed by atoms with Crippen molar-refractivity contribution in [3.05, 3.63) is 57.5 Å². The zero-order valence-corrected chi connectivity index (χ0v) is 17.6. The summed E-state index contributed by atoms with van der Waals surface area (Å²) in [6.07, 6.45) is 0. The van der Waals surface area contributed by atoms with E-state index in [0.29, 0.717) is 16.3 Å². The zero-order valence-electron chi connectivity index (χ0n) is 14.5. The van der Waals surface area contributed by atoms with Crippen LogP contribution in [0.2, 0.25) is 5.02 Å².